The molecule has 3 aromatic carbocycles. The third kappa shape index (κ3) is 5.93. The molecule has 0 aliphatic carbocycles. The number of hydrogen-bond donors (Lipinski definition) is 1. The smallest absolute Gasteiger partial charge is 0.262 e. The van der Waals surface area contributed by atoms with Crippen molar-refractivity contribution in [3.63, 3.8) is 0 Å². The molecule has 7 nitrogen and oxygen atoms in total. The molecule has 0 aliphatic heterocycles. The molecule has 0 fully saturated rings. The number of aryl methyl sites for hydroxylation is 1. The van der Waals surface area contributed by atoms with Crippen LogP contribution in [0, 0.1) is 12.7 Å². The van der Waals surface area contributed by atoms with Crippen LogP contribution >= 0.6 is 0 Å². The van der Waals surface area contributed by atoms with Crippen molar-refractivity contribution in [3.05, 3.63) is 113 Å². The SMILES string of the molecule is Cc1ccc(C(=O)N(C)Cc2cnn(Cc3ccccc3)c2)cc1S(=O)(=O)Nc1ccc(F)cc1. The fourth-order valence-electron chi connectivity index (χ4n) is 3.66. The molecule has 1 amide bonds. The first-order valence-corrected chi connectivity index (χ1v) is 12.4. The number of amides is 1. The van der Waals surface area contributed by atoms with Gasteiger partial charge in [-0.25, -0.2) is 12.8 Å². The first-order valence-electron chi connectivity index (χ1n) is 10.9. The van der Waals surface area contributed by atoms with Crippen molar-refractivity contribution in [1.29, 1.82) is 0 Å². The number of benzene rings is 3. The van der Waals surface area contributed by atoms with Crippen LogP contribution in [0.1, 0.15) is 27.0 Å². The highest BCUT2D eigenvalue weighted by Gasteiger charge is 2.21. The zero-order valence-corrected chi connectivity index (χ0v) is 20.2. The van der Waals surface area contributed by atoms with Gasteiger partial charge in [-0.3, -0.25) is 14.2 Å². The van der Waals surface area contributed by atoms with Crippen LogP contribution in [-0.2, 0) is 23.1 Å². The lowest BCUT2D eigenvalue weighted by Crippen LogP contribution is -2.26. The molecule has 35 heavy (non-hydrogen) atoms. The lowest BCUT2D eigenvalue weighted by molar-refractivity contribution is 0.0785. The van der Waals surface area contributed by atoms with Crippen molar-refractivity contribution in [2.24, 2.45) is 0 Å². The van der Waals surface area contributed by atoms with Crippen LogP contribution in [0.3, 0.4) is 0 Å². The minimum atomic E-state index is -3.98. The van der Waals surface area contributed by atoms with Crippen molar-refractivity contribution in [2.75, 3.05) is 11.8 Å². The maximum Gasteiger partial charge on any atom is 0.262 e. The van der Waals surface area contributed by atoms with E-state index >= 15 is 0 Å². The number of anilines is 1. The Labute approximate surface area is 203 Å². The number of carbonyl (C=O) groups is 1. The quantitative estimate of drug-likeness (QED) is 0.394. The number of rotatable bonds is 8. The molecule has 4 aromatic rings. The molecule has 4 rings (SSSR count). The van der Waals surface area contributed by atoms with E-state index in [1.54, 1.807) is 37.0 Å². The summed E-state index contributed by atoms with van der Waals surface area (Å²) in [5.41, 5.74) is 2.94. The third-order valence-electron chi connectivity index (χ3n) is 5.46. The minimum absolute atomic E-state index is 0.0169. The summed E-state index contributed by atoms with van der Waals surface area (Å²) in [5, 5.41) is 4.37. The number of carbonyl (C=O) groups excluding carboxylic acids is 1. The van der Waals surface area contributed by atoms with Gasteiger partial charge in [-0.1, -0.05) is 36.4 Å². The van der Waals surface area contributed by atoms with Crippen LogP contribution in [0.25, 0.3) is 0 Å². The van der Waals surface area contributed by atoms with Crippen LogP contribution < -0.4 is 4.72 Å². The van der Waals surface area contributed by atoms with Crippen molar-refractivity contribution in [3.8, 4) is 0 Å². The van der Waals surface area contributed by atoms with Crippen LogP contribution in [0.2, 0.25) is 0 Å². The van der Waals surface area contributed by atoms with E-state index in [4.69, 9.17) is 0 Å². The Morgan fingerprint density at radius 1 is 1.03 bits per heavy atom. The minimum Gasteiger partial charge on any atom is -0.337 e. The first kappa shape index (κ1) is 24.2. The number of halogens is 1. The highest BCUT2D eigenvalue weighted by Crippen LogP contribution is 2.22. The van der Waals surface area contributed by atoms with Crippen LogP contribution in [-0.4, -0.2) is 36.1 Å². The molecule has 0 unspecified atom stereocenters. The number of aromatic nitrogens is 2. The molecule has 0 atom stereocenters. The molecule has 180 valence electrons. The second kappa shape index (κ2) is 10.1. The summed E-state index contributed by atoms with van der Waals surface area (Å²) < 4.78 is 43.3. The molecule has 0 radical (unpaired) electrons. The normalized spacial score (nSPS) is 11.3. The topological polar surface area (TPSA) is 84.3 Å². The van der Waals surface area contributed by atoms with Gasteiger partial charge in [0, 0.05) is 36.6 Å². The Morgan fingerprint density at radius 2 is 1.74 bits per heavy atom. The lowest BCUT2D eigenvalue weighted by atomic mass is 10.1. The standard InChI is InChI=1S/C26H25FN4O3S/c1-19-8-9-22(14-25(19)35(33,34)29-24-12-10-23(27)11-13-24)26(32)30(2)16-21-15-28-31(18-21)17-20-6-4-3-5-7-20/h3-15,18,29H,16-17H2,1-2H3. The fraction of sp³-hybridized carbons (Fsp3) is 0.154. The van der Waals surface area contributed by atoms with Gasteiger partial charge in [0.2, 0.25) is 0 Å². The molecule has 0 spiro atoms. The molecular formula is C26H25FN4O3S. The van der Waals surface area contributed by atoms with E-state index < -0.39 is 15.8 Å². The molecule has 0 saturated carbocycles. The van der Waals surface area contributed by atoms with Gasteiger partial charge in [0.25, 0.3) is 15.9 Å². The van der Waals surface area contributed by atoms with Crippen molar-refractivity contribution in [2.45, 2.75) is 24.9 Å². The maximum absolute atomic E-state index is 13.2. The van der Waals surface area contributed by atoms with Crippen molar-refractivity contribution >= 4 is 21.6 Å². The third-order valence-corrected chi connectivity index (χ3v) is 6.98. The molecule has 1 N–H and O–H groups in total. The zero-order chi connectivity index (χ0) is 25.0. The number of nitrogens with one attached hydrogen (secondary N) is 1. The Balaban J connectivity index is 1.47. The van der Waals surface area contributed by atoms with Gasteiger partial charge >= 0.3 is 0 Å². The predicted octanol–water partition coefficient (Wildman–Crippen LogP) is 4.45. The van der Waals surface area contributed by atoms with Gasteiger partial charge < -0.3 is 4.90 Å². The van der Waals surface area contributed by atoms with Gasteiger partial charge in [-0.15, -0.1) is 0 Å². The molecule has 9 heteroatoms. The number of nitrogens with zero attached hydrogens (tertiary/aromatic N) is 3. The van der Waals surface area contributed by atoms with E-state index in [0.29, 0.717) is 18.7 Å². The predicted molar refractivity (Wildman–Crippen MR) is 132 cm³/mol. The van der Waals surface area contributed by atoms with E-state index in [1.807, 2.05) is 36.5 Å². The molecular weight excluding hydrogens is 467 g/mol. The van der Waals surface area contributed by atoms with Gasteiger partial charge in [-0.05, 0) is 54.4 Å². The summed E-state index contributed by atoms with van der Waals surface area (Å²) in [5.74, 6) is -0.788. The number of sulfonamides is 1. The van der Waals surface area contributed by atoms with Crippen LogP contribution in [0.4, 0.5) is 10.1 Å². The molecule has 0 bridgehead atoms. The highest BCUT2D eigenvalue weighted by atomic mass is 32.2. The van der Waals surface area contributed by atoms with Gasteiger partial charge in [0.1, 0.15) is 5.82 Å². The Hall–Kier alpha value is -3.98. The van der Waals surface area contributed by atoms with Crippen molar-refractivity contribution < 1.29 is 17.6 Å². The largest absolute Gasteiger partial charge is 0.337 e. The summed E-state index contributed by atoms with van der Waals surface area (Å²) >= 11 is 0. The second-order valence-corrected chi connectivity index (χ2v) is 9.94. The fourth-order valence-corrected chi connectivity index (χ4v) is 4.99. The zero-order valence-electron chi connectivity index (χ0n) is 19.3. The summed E-state index contributed by atoms with van der Waals surface area (Å²) in [6.07, 6.45) is 3.60. The van der Waals surface area contributed by atoms with Gasteiger partial charge in [-0.2, -0.15) is 5.10 Å². The summed E-state index contributed by atoms with van der Waals surface area (Å²) in [6.45, 7) is 2.59. The molecule has 1 aromatic heterocycles. The highest BCUT2D eigenvalue weighted by molar-refractivity contribution is 7.92. The molecule has 1 heterocycles. The summed E-state index contributed by atoms with van der Waals surface area (Å²) in [6, 6.07) is 19.5. The van der Waals surface area contributed by atoms with E-state index in [-0.39, 0.29) is 22.1 Å². The van der Waals surface area contributed by atoms with E-state index in [1.165, 1.54) is 35.2 Å². The van der Waals surface area contributed by atoms with E-state index in [9.17, 15) is 17.6 Å². The molecule has 0 saturated heterocycles. The first-order chi connectivity index (χ1) is 16.7. The van der Waals surface area contributed by atoms with Gasteiger partial charge in [0.05, 0.1) is 17.6 Å². The Morgan fingerprint density at radius 3 is 2.46 bits per heavy atom. The summed E-state index contributed by atoms with van der Waals surface area (Å²) in [4.78, 5) is 14.6. The van der Waals surface area contributed by atoms with E-state index in [0.717, 1.165) is 11.1 Å². The van der Waals surface area contributed by atoms with Crippen LogP contribution in [0.5, 0.6) is 0 Å². The van der Waals surface area contributed by atoms with E-state index in [2.05, 4.69) is 9.82 Å². The van der Waals surface area contributed by atoms with Crippen LogP contribution in [0.15, 0.2) is 90.1 Å². The Kier molecular flexibility index (Phi) is 6.97. The average molecular weight is 493 g/mol. The number of hydrogen-bond acceptors (Lipinski definition) is 4. The molecule has 0 aliphatic rings. The summed E-state index contributed by atoms with van der Waals surface area (Å²) in [7, 11) is -2.33. The van der Waals surface area contributed by atoms with Crippen molar-refractivity contribution in [1.82, 2.24) is 14.7 Å². The van der Waals surface area contributed by atoms with Gasteiger partial charge in [0.15, 0.2) is 0 Å². The maximum atomic E-state index is 13.2. The monoisotopic (exact) mass is 492 g/mol. The average Bonchev–Trinajstić information content (AvgIpc) is 3.27. The second-order valence-electron chi connectivity index (χ2n) is 8.29. The lowest BCUT2D eigenvalue weighted by Gasteiger charge is -2.18. The Bertz CT molecular complexity index is 1440.